The van der Waals surface area contributed by atoms with Crippen LogP contribution in [0.5, 0.6) is 5.75 Å². The third-order valence-electron chi connectivity index (χ3n) is 3.42. The second kappa shape index (κ2) is 9.91. The van der Waals surface area contributed by atoms with E-state index in [-0.39, 0.29) is 17.2 Å². The number of halogens is 2. The second-order valence-electron chi connectivity index (χ2n) is 5.64. The number of hydrogen-bond donors (Lipinski definition) is 1. The maximum absolute atomic E-state index is 12.4. The molecule has 0 radical (unpaired) electrons. The molecule has 1 amide bonds. The maximum atomic E-state index is 12.4. The number of para-hydroxylation sites is 2. The van der Waals surface area contributed by atoms with Gasteiger partial charge in [-0.2, -0.15) is 8.78 Å². The van der Waals surface area contributed by atoms with Crippen molar-refractivity contribution in [3.8, 4) is 5.75 Å². The molecule has 0 saturated heterocycles. The lowest BCUT2D eigenvalue weighted by atomic mass is 10.2. The van der Waals surface area contributed by atoms with E-state index < -0.39 is 25.1 Å². The first kappa shape index (κ1) is 20.7. The lowest BCUT2D eigenvalue weighted by Crippen LogP contribution is -2.22. The molecular formula is C19H19F2NO4S. The van der Waals surface area contributed by atoms with Crippen LogP contribution >= 0.6 is 11.8 Å². The zero-order valence-electron chi connectivity index (χ0n) is 14.8. The number of aryl methyl sites for hydroxylation is 2. The smallest absolute Gasteiger partial charge is 0.387 e. The predicted molar refractivity (Wildman–Crippen MR) is 99.3 cm³/mol. The topological polar surface area (TPSA) is 64.6 Å². The lowest BCUT2D eigenvalue weighted by molar-refractivity contribution is -0.144. The van der Waals surface area contributed by atoms with Gasteiger partial charge in [0.25, 0.3) is 5.91 Å². The van der Waals surface area contributed by atoms with Gasteiger partial charge in [0.05, 0.1) is 11.4 Å². The highest BCUT2D eigenvalue weighted by Crippen LogP contribution is 2.25. The van der Waals surface area contributed by atoms with Crippen molar-refractivity contribution in [1.29, 1.82) is 0 Å². The second-order valence-corrected chi connectivity index (χ2v) is 6.66. The minimum Gasteiger partial charge on any atom is -0.455 e. The fourth-order valence-electron chi connectivity index (χ4n) is 2.24. The third-order valence-corrected chi connectivity index (χ3v) is 4.57. The summed E-state index contributed by atoms with van der Waals surface area (Å²) in [6, 6.07) is 11.7. The minimum absolute atomic E-state index is 0.0578. The van der Waals surface area contributed by atoms with Crippen molar-refractivity contribution in [3.05, 3.63) is 53.6 Å². The highest BCUT2D eigenvalue weighted by molar-refractivity contribution is 8.00. The Hall–Kier alpha value is -2.61. The Morgan fingerprint density at radius 3 is 2.59 bits per heavy atom. The molecule has 0 bridgehead atoms. The Bertz CT molecular complexity index is 814. The molecule has 0 heterocycles. The van der Waals surface area contributed by atoms with Gasteiger partial charge in [0.15, 0.2) is 6.61 Å². The molecule has 0 aliphatic carbocycles. The predicted octanol–water partition coefficient (Wildman–Crippen LogP) is 4.18. The molecule has 0 aliphatic rings. The molecule has 0 saturated carbocycles. The molecule has 144 valence electrons. The van der Waals surface area contributed by atoms with Gasteiger partial charge in [-0.15, -0.1) is 11.8 Å². The fourth-order valence-corrected chi connectivity index (χ4v) is 3.05. The first-order valence-corrected chi connectivity index (χ1v) is 9.03. The number of thioether (sulfide) groups is 1. The van der Waals surface area contributed by atoms with Crippen LogP contribution in [0.1, 0.15) is 11.1 Å². The lowest BCUT2D eigenvalue weighted by Gasteiger charge is -2.12. The van der Waals surface area contributed by atoms with Crippen molar-refractivity contribution in [2.24, 2.45) is 0 Å². The Morgan fingerprint density at radius 1 is 1.15 bits per heavy atom. The molecule has 0 fully saturated rings. The van der Waals surface area contributed by atoms with Crippen LogP contribution in [0, 0.1) is 13.8 Å². The number of amides is 1. The fraction of sp³-hybridized carbons (Fsp3) is 0.263. The maximum Gasteiger partial charge on any atom is 0.387 e. The molecule has 2 aromatic rings. The van der Waals surface area contributed by atoms with Gasteiger partial charge in [0, 0.05) is 4.90 Å². The Kier molecular flexibility index (Phi) is 7.60. The molecule has 0 aromatic heterocycles. The number of rotatable bonds is 8. The Morgan fingerprint density at radius 2 is 1.89 bits per heavy atom. The summed E-state index contributed by atoms with van der Waals surface area (Å²) in [5, 5.41) is 2.38. The van der Waals surface area contributed by atoms with E-state index in [0.717, 1.165) is 16.0 Å². The average Bonchev–Trinajstić information content (AvgIpc) is 2.60. The van der Waals surface area contributed by atoms with Crippen LogP contribution in [0.3, 0.4) is 0 Å². The minimum atomic E-state index is -3.01. The molecular weight excluding hydrogens is 376 g/mol. The van der Waals surface area contributed by atoms with Crippen LogP contribution in [-0.2, 0) is 14.3 Å². The molecule has 2 rings (SSSR count). The summed E-state index contributed by atoms with van der Waals surface area (Å²) < 4.78 is 34.0. The van der Waals surface area contributed by atoms with Crippen LogP contribution < -0.4 is 10.1 Å². The molecule has 5 nitrogen and oxygen atoms in total. The highest BCUT2D eigenvalue weighted by Gasteiger charge is 2.13. The van der Waals surface area contributed by atoms with Crippen LogP contribution in [-0.4, -0.2) is 30.8 Å². The van der Waals surface area contributed by atoms with E-state index >= 15 is 0 Å². The zero-order valence-corrected chi connectivity index (χ0v) is 15.6. The summed E-state index contributed by atoms with van der Waals surface area (Å²) in [7, 11) is 0. The average molecular weight is 395 g/mol. The summed E-state index contributed by atoms with van der Waals surface area (Å²) in [4.78, 5) is 24.7. The monoisotopic (exact) mass is 395 g/mol. The van der Waals surface area contributed by atoms with Crippen molar-refractivity contribution in [1.82, 2.24) is 0 Å². The van der Waals surface area contributed by atoms with Gasteiger partial charge in [0.2, 0.25) is 0 Å². The quantitative estimate of drug-likeness (QED) is 0.537. The van der Waals surface area contributed by atoms with E-state index in [1.165, 1.54) is 30.0 Å². The van der Waals surface area contributed by atoms with Crippen molar-refractivity contribution in [2.45, 2.75) is 25.4 Å². The van der Waals surface area contributed by atoms with Gasteiger partial charge in [-0.05, 0) is 37.6 Å². The number of benzene rings is 2. The van der Waals surface area contributed by atoms with Gasteiger partial charge in [0.1, 0.15) is 5.75 Å². The van der Waals surface area contributed by atoms with E-state index in [0.29, 0.717) is 0 Å². The van der Waals surface area contributed by atoms with E-state index in [1.54, 1.807) is 6.07 Å². The molecule has 2 aromatic carbocycles. The van der Waals surface area contributed by atoms with Crippen molar-refractivity contribution in [2.75, 3.05) is 17.7 Å². The van der Waals surface area contributed by atoms with Crippen molar-refractivity contribution in [3.63, 3.8) is 0 Å². The van der Waals surface area contributed by atoms with E-state index in [1.807, 2.05) is 32.0 Å². The van der Waals surface area contributed by atoms with Crippen molar-refractivity contribution < 1.29 is 27.8 Å². The third kappa shape index (κ3) is 6.90. The Balaban J connectivity index is 1.81. The number of ether oxygens (including phenoxy) is 2. The number of carbonyl (C=O) groups is 2. The Labute approximate surface area is 160 Å². The number of alkyl halides is 2. The van der Waals surface area contributed by atoms with Crippen molar-refractivity contribution >= 4 is 29.3 Å². The standard InChI is InChI=1S/C19H19F2NO4S/c1-12-7-8-16(13(2)9-12)27-11-18(24)25-10-17(23)22-14-5-3-4-6-15(14)26-19(20)21/h3-9,19H,10-11H2,1-2H3,(H,22,23). The molecule has 0 spiro atoms. The van der Waals surface area contributed by atoms with Crippen LogP contribution in [0.2, 0.25) is 0 Å². The van der Waals surface area contributed by atoms with E-state index in [2.05, 4.69) is 10.1 Å². The van der Waals surface area contributed by atoms with Crippen LogP contribution in [0.4, 0.5) is 14.5 Å². The molecule has 0 unspecified atom stereocenters. The SMILES string of the molecule is Cc1ccc(SCC(=O)OCC(=O)Nc2ccccc2OC(F)F)c(C)c1. The first-order valence-electron chi connectivity index (χ1n) is 8.04. The zero-order chi connectivity index (χ0) is 19.8. The van der Waals surface area contributed by atoms with Gasteiger partial charge in [-0.25, -0.2) is 0 Å². The summed E-state index contributed by atoms with van der Waals surface area (Å²) in [5.41, 5.74) is 2.26. The summed E-state index contributed by atoms with van der Waals surface area (Å²) in [6.07, 6.45) is 0. The number of esters is 1. The van der Waals surface area contributed by atoms with Gasteiger partial charge in [-0.1, -0.05) is 29.8 Å². The van der Waals surface area contributed by atoms with Gasteiger partial charge in [-0.3, -0.25) is 9.59 Å². The first-order chi connectivity index (χ1) is 12.8. The molecule has 0 aliphatic heterocycles. The summed E-state index contributed by atoms with van der Waals surface area (Å²) in [5.74, 6) is -1.31. The van der Waals surface area contributed by atoms with Crippen LogP contribution in [0.15, 0.2) is 47.4 Å². The molecule has 1 N–H and O–H groups in total. The summed E-state index contributed by atoms with van der Waals surface area (Å²) in [6.45, 7) is 0.407. The van der Waals surface area contributed by atoms with Crippen LogP contribution in [0.25, 0.3) is 0 Å². The van der Waals surface area contributed by atoms with Gasteiger partial charge >= 0.3 is 12.6 Å². The van der Waals surface area contributed by atoms with Gasteiger partial charge < -0.3 is 14.8 Å². The highest BCUT2D eigenvalue weighted by atomic mass is 32.2. The number of nitrogens with one attached hydrogen (secondary N) is 1. The molecule has 27 heavy (non-hydrogen) atoms. The number of anilines is 1. The number of hydrogen-bond acceptors (Lipinski definition) is 5. The molecule has 0 atom stereocenters. The van der Waals surface area contributed by atoms with E-state index in [4.69, 9.17) is 4.74 Å². The summed E-state index contributed by atoms with van der Waals surface area (Å²) >= 11 is 1.32. The normalized spacial score (nSPS) is 10.6. The largest absolute Gasteiger partial charge is 0.455 e. The number of carbonyl (C=O) groups excluding carboxylic acids is 2. The van der Waals surface area contributed by atoms with E-state index in [9.17, 15) is 18.4 Å². The molecule has 8 heteroatoms.